The molecule has 0 aromatic heterocycles. The minimum Gasteiger partial charge on any atom is -0.461 e. The van der Waals surface area contributed by atoms with Crippen molar-refractivity contribution in [3.05, 3.63) is 11.6 Å². The van der Waals surface area contributed by atoms with Gasteiger partial charge in [0.25, 0.3) is 0 Å². The van der Waals surface area contributed by atoms with Crippen molar-refractivity contribution in [1.82, 2.24) is 0 Å². The average molecular weight is 234 g/mol. The highest BCUT2D eigenvalue weighted by Crippen LogP contribution is 2.60. The van der Waals surface area contributed by atoms with Crippen LogP contribution in [0, 0.1) is 22.7 Å². The number of rotatable bonds is 0. The molecule has 2 fully saturated rings. The van der Waals surface area contributed by atoms with Crippen LogP contribution in [0.3, 0.4) is 0 Å². The Bertz CT molecular complexity index is 394. The van der Waals surface area contributed by atoms with Gasteiger partial charge in [-0.1, -0.05) is 33.3 Å². The Labute approximate surface area is 103 Å². The van der Waals surface area contributed by atoms with Crippen LogP contribution in [0.2, 0.25) is 0 Å². The summed E-state index contributed by atoms with van der Waals surface area (Å²) in [5.41, 5.74) is 1.75. The second-order valence-corrected chi connectivity index (χ2v) is 6.96. The Morgan fingerprint density at radius 1 is 1.29 bits per heavy atom. The molecular weight excluding hydrogens is 212 g/mol. The first-order valence-corrected chi connectivity index (χ1v) is 6.81. The predicted octanol–water partition coefficient (Wildman–Crippen LogP) is 3.32. The summed E-state index contributed by atoms with van der Waals surface area (Å²) < 4.78 is 5.28. The molecule has 1 saturated heterocycles. The van der Waals surface area contributed by atoms with E-state index in [1.165, 1.54) is 24.8 Å². The van der Waals surface area contributed by atoms with Crippen molar-refractivity contribution in [2.24, 2.45) is 22.7 Å². The molecule has 17 heavy (non-hydrogen) atoms. The maximum Gasteiger partial charge on any atom is 0.314 e. The van der Waals surface area contributed by atoms with Crippen LogP contribution in [0.1, 0.15) is 46.5 Å². The molecule has 94 valence electrons. The van der Waals surface area contributed by atoms with Gasteiger partial charge in [-0.3, -0.25) is 4.79 Å². The number of ether oxygens (including phenoxy) is 1. The quantitative estimate of drug-likeness (QED) is 0.475. The summed E-state index contributed by atoms with van der Waals surface area (Å²) in [5.74, 6) is 0.713. The van der Waals surface area contributed by atoms with Gasteiger partial charge in [0.1, 0.15) is 6.61 Å². The maximum atomic E-state index is 12.0. The number of carbonyl (C=O) groups excluding carboxylic acids is 1. The fourth-order valence-corrected chi connectivity index (χ4v) is 4.71. The van der Waals surface area contributed by atoms with Gasteiger partial charge in [0.15, 0.2) is 0 Å². The standard InChI is InChI=1S/C15H22O2/c1-14(2)7-4-8-15(3)11(14)6-5-10-9-17-13(16)12(10)15/h5,11-12H,4,6-9H2,1-3H3/t11-,12-,15-/m1/s1. The number of carbonyl (C=O) groups is 1. The first kappa shape index (κ1) is 11.3. The number of hydrogen-bond acceptors (Lipinski definition) is 2. The molecule has 3 atom stereocenters. The lowest BCUT2D eigenvalue weighted by Gasteiger charge is -2.54. The van der Waals surface area contributed by atoms with E-state index in [2.05, 4.69) is 26.8 Å². The van der Waals surface area contributed by atoms with Gasteiger partial charge in [0, 0.05) is 0 Å². The monoisotopic (exact) mass is 234 g/mol. The Morgan fingerprint density at radius 2 is 2.06 bits per heavy atom. The van der Waals surface area contributed by atoms with E-state index in [1.54, 1.807) is 0 Å². The molecule has 2 aliphatic carbocycles. The third kappa shape index (κ3) is 1.42. The van der Waals surface area contributed by atoms with Gasteiger partial charge >= 0.3 is 5.97 Å². The number of hydrogen-bond donors (Lipinski definition) is 0. The fraction of sp³-hybridized carbons (Fsp3) is 0.800. The molecule has 0 amide bonds. The summed E-state index contributed by atoms with van der Waals surface area (Å²) in [7, 11) is 0. The molecule has 3 aliphatic rings. The summed E-state index contributed by atoms with van der Waals surface area (Å²) in [6.07, 6.45) is 7.13. The molecule has 0 N–H and O–H groups in total. The minimum atomic E-state index is 0.0288. The van der Waals surface area contributed by atoms with Crippen molar-refractivity contribution in [2.45, 2.75) is 46.5 Å². The molecular formula is C15H22O2. The number of fused-ring (bicyclic) bond motifs is 3. The van der Waals surface area contributed by atoms with E-state index in [-0.39, 0.29) is 17.3 Å². The van der Waals surface area contributed by atoms with Gasteiger partial charge in [-0.25, -0.2) is 0 Å². The summed E-state index contributed by atoms with van der Waals surface area (Å²) in [6.45, 7) is 7.61. The predicted molar refractivity (Wildman–Crippen MR) is 66.4 cm³/mol. The molecule has 0 radical (unpaired) electrons. The topological polar surface area (TPSA) is 26.3 Å². The van der Waals surface area contributed by atoms with E-state index < -0.39 is 0 Å². The van der Waals surface area contributed by atoms with Gasteiger partial charge in [0.05, 0.1) is 5.92 Å². The molecule has 2 nitrogen and oxygen atoms in total. The molecule has 0 unspecified atom stereocenters. The lowest BCUT2D eigenvalue weighted by atomic mass is 9.49. The first-order chi connectivity index (χ1) is 7.95. The molecule has 1 heterocycles. The molecule has 3 rings (SSSR count). The normalized spacial score (nSPS) is 43.5. The summed E-state index contributed by atoms with van der Waals surface area (Å²) >= 11 is 0. The van der Waals surface area contributed by atoms with Gasteiger partial charge in [-0.15, -0.1) is 0 Å². The van der Waals surface area contributed by atoms with Crippen LogP contribution in [0.4, 0.5) is 0 Å². The highest BCUT2D eigenvalue weighted by atomic mass is 16.5. The third-order valence-corrected chi connectivity index (χ3v) is 5.54. The zero-order chi connectivity index (χ0) is 12.3. The van der Waals surface area contributed by atoms with E-state index in [1.807, 2.05) is 0 Å². The van der Waals surface area contributed by atoms with E-state index in [0.29, 0.717) is 17.9 Å². The van der Waals surface area contributed by atoms with Crippen LogP contribution in [0.15, 0.2) is 11.6 Å². The SMILES string of the molecule is CC1(C)CCC[C@@]2(C)[C@H]3C(=O)OCC3=CC[C@H]12. The molecule has 0 spiro atoms. The summed E-state index contributed by atoms with van der Waals surface area (Å²) in [6, 6.07) is 0. The van der Waals surface area contributed by atoms with Crippen LogP contribution in [0.25, 0.3) is 0 Å². The highest BCUT2D eigenvalue weighted by Gasteiger charge is 2.57. The number of allylic oxidation sites excluding steroid dienone is 1. The summed E-state index contributed by atoms with van der Waals surface area (Å²) in [4.78, 5) is 12.0. The number of esters is 1. The van der Waals surface area contributed by atoms with Crippen LogP contribution in [-0.2, 0) is 9.53 Å². The smallest absolute Gasteiger partial charge is 0.314 e. The number of cyclic esters (lactones) is 1. The van der Waals surface area contributed by atoms with Crippen LogP contribution < -0.4 is 0 Å². The van der Waals surface area contributed by atoms with Crippen molar-refractivity contribution >= 4 is 5.97 Å². The van der Waals surface area contributed by atoms with Crippen molar-refractivity contribution in [3.63, 3.8) is 0 Å². The van der Waals surface area contributed by atoms with Gasteiger partial charge in [-0.05, 0) is 41.6 Å². The Hall–Kier alpha value is -0.790. The summed E-state index contributed by atoms with van der Waals surface area (Å²) in [5, 5.41) is 0. The lowest BCUT2D eigenvalue weighted by molar-refractivity contribution is -0.148. The van der Waals surface area contributed by atoms with Crippen LogP contribution in [0.5, 0.6) is 0 Å². The first-order valence-electron chi connectivity index (χ1n) is 6.81. The van der Waals surface area contributed by atoms with Gasteiger partial charge in [-0.2, -0.15) is 0 Å². The average Bonchev–Trinajstić information content (AvgIpc) is 2.60. The molecule has 0 aromatic carbocycles. The van der Waals surface area contributed by atoms with E-state index in [0.717, 1.165) is 6.42 Å². The zero-order valence-electron chi connectivity index (χ0n) is 11.1. The van der Waals surface area contributed by atoms with Crippen LogP contribution >= 0.6 is 0 Å². The molecule has 0 bridgehead atoms. The molecule has 1 aliphatic heterocycles. The van der Waals surface area contributed by atoms with Crippen molar-refractivity contribution in [1.29, 1.82) is 0 Å². The van der Waals surface area contributed by atoms with Crippen molar-refractivity contribution in [2.75, 3.05) is 6.61 Å². The Kier molecular flexibility index (Phi) is 2.24. The van der Waals surface area contributed by atoms with Crippen LogP contribution in [-0.4, -0.2) is 12.6 Å². The van der Waals surface area contributed by atoms with E-state index in [9.17, 15) is 4.79 Å². The lowest BCUT2D eigenvalue weighted by Crippen LogP contribution is -2.49. The molecule has 2 heteroatoms. The molecule has 1 saturated carbocycles. The van der Waals surface area contributed by atoms with Gasteiger partial charge in [0.2, 0.25) is 0 Å². The second-order valence-electron chi connectivity index (χ2n) is 6.96. The van der Waals surface area contributed by atoms with E-state index in [4.69, 9.17) is 4.74 Å². The van der Waals surface area contributed by atoms with E-state index >= 15 is 0 Å². The minimum absolute atomic E-state index is 0.0288. The highest BCUT2D eigenvalue weighted by molar-refractivity contribution is 5.80. The third-order valence-electron chi connectivity index (χ3n) is 5.54. The Morgan fingerprint density at radius 3 is 2.82 bits per heavy atom. The maximum absolute atomic E-state index is 12.0. The largest absolute Gasteiger partial charge is 0.461 e. The Balaban J connectivity index is 2.05. The second kappa shape index (κ2) is 3.37. The van der Waals surface area contributed by atoms with Crippen molar-refractivity contribution < 1.29 is 9.53 Å². The van der Waals surface area contributed by atoms with Crippen molar-refractivity contribution in [3.8, 4) is 0 Å². The molecule has 0 aromatic rings. The fourth-order valence-electron chi connectivity index (χ4n) is 4.71. The zero-order valence-corrected chi connectivity index (χ0v) is 11.1. The van der Waals surface area contributed by atoms with Gasteiger partial charge < -0.3 is 4.74 Å².